The van der Waals surface area contributed by atoms with E-state index in [1.165, 1.54) is 17.4 Å². The topological polar surface area (TPSA) is 70.6 Å². The van der Waals surface area contributed by atoms with Gasteiger partial charge < -0.3 is 9.80 Å². The van der Waals surface area contributed by atoms with Crippen LogP contribution in [0.3, 0.4) is 0 Å². The summed E-state index contributed by atoms with van der Waals surface area (Å²) in [7, 11) is -1.66. The molecule has 214 valence electrons. The Morgan fingerprint density at radius 2 is 1.73 bits per heavy atom. The molecule has 1 unspecified atom stereocenters. The molecule has 3 aromatic rings. The van der Waals surface area contributed by atoms with Gasteiger partial charge in [-0.25, -0.2) is 13.4 Å². The van der Waals surface area contributed by atoms with E-state index < -0.39 is 38.1 Å². The lowest BCUT2D eigenvalue weighted by Crippen LogP contribution is -2.42. The van der Waals surface area contributed by atoms with Crippen molar-refractivity contribution in [3.63, 3.8) is 0 Å². The average molecular weight is 594 g/mol. The fraction of sp³-hybridized carbons (Fsp3) is 0.379. The molecule has 0 aliphatic carbocycles. The van der Waals surface area contributed by atoms with E-state index in [1.807, 2.05) is 4.90 Å². The van der Waals surface area contributed by atoms with Crippen LogP contribution in [-0.4, -0.2) is 51.0 Å². The van der Waals surface area contributed by atoms with E-state index in [4.69, 9.17) is 11.6 Å². The SMILES string of the molecule is Cc1cc(C(F)(F)F)cc(C(C)(C)C(=O)N(C)c2cnc(N3CCC(S(C)(=O)=O)C3)cc2-c2ccccc2Cl)c1. The van der Waals surface area contributed by atoms with Gasteiger partial charge in [0.05, 0.1) is 28.1 Å². The second kappa shape index (κ2) is 10.7. The van der Waals surface area contributed by atoms with Gasteiger partial charge in [0.1, 0.15) is 5.82 Å². The second-order valence-corrected chi connectivity index (χ2v) is 13.5. The van der Waals surface area contributed by atoms with E-state index in [9.17, 15) is 26.4 Å². The van der Waals surface area contributed by atoms with E-state index in [2.05, 4.69) is 4.98 Å². The summed E-state index contributed by atoms with van der Waals surface area (Å²) in [5, 5.41) is -0.0661. The number of aryl methyl sites for hydroxylation is 1. The molecule has 0 saturated carbocycles. The van der Waals surface area contributed by atoms with Crippen LogP contribution in [0.1, 0.15) is 37.0 Å². The highest BCUT2D eigenvalue weighted by Gasteiger charge is 2.38. The third kappa shape index (κ3) is 5.98. The second-order valence-electron chi connectivity index (χ2n) is 10.8. The highest BCUT2D eigenvalue weighted by Crippen LogP contribution is 2.40. The molecule has 1 aliphatic rings. The van der Waals surface area contributed by atoms with E-state index in [1.54, 1.807) is 64.2 Å². The van der Waals surface area contributed by atoms with Crippen molar-refractivity contribution >= 4 is 38.9 Å². The molecule has 2 aromatic carbocycles. The first-order chi connectivity index (χ1) is 18.5. The van der Waals surface area contributed by atoms with Crippen molar-refractivity contribution in [2.75, 3.05) is 36.2 Å². The predicted octanol–water partition coefficient (Wildman–Crippen LogP) is 6.29. The Morgan fingerprint density at radius 1 is 1.07 bits per heavy atom. The van der Waals surface area contributed by atoms with Crippen molar-refractivity contribution in [3.8, 4) is 11.1 Å². The molecule has 6 nitrogen and oxygen atoms in total. The number of rotatable bonds is 6. The van der Waals surface area contributed by atoms with Crippen LogP contribution in [0.15, 0.2) is 54.7 Å². The molecule has 0 radical (unpaired) electrons. The molecular weight excluding hydrogens is 563 g/mol. The van der Waals surface area contributed by atoms with Gasteiger partial charge in [0.15, 0.2) is 9.84 Å². The highest BCUT2D eigenvalue weighted by atomic mass is 35.5. The summed E-state index contributed by atoms with van der Waals surface area (Å²) in [5.41, 5.74) is 0.150. The Kier molecular flexibility index (Phi) is 7.99. The van der Waals surface area contributed by atoms with Crippen LogP contribution >= 0.6 is 11.6 Å². The van der Waals surface area contributed by atoms with E-state index in [0.29, 0.717) is 52.7 Å². The third-order valence-corrected chi connectivity index (χ3v) is 9.36. The molecule has 40 heavy (non-hydrogen) atoms. The lowest BCUT2D eigenvalue weighted by atomic mass is 9.81. The number of amides is 1. The molecule has 1 aromatic heterocycles. The molecule has 4 rings (SSSR count). The Morgan fingerprint density at radius 3 is 2.33 bits per heavy atom. The fourth-order valence-corrected chi connectivity index (χ4v) is 6.24. The van der Waals surface area contributed by atoms with Crippen molar-refractivity contribution < 1.29 is 26.4 Å². The molecule has 1 aliphatic heterocycles. The first-order valence-electron chi connectivity index (χ1n) is 12.7. The van der Waals surface area contributed by atoms with Gasteiger partial charge in [0, 0.05) is 42.5 Å². The van der Waals surface area contributed by atoms with E-state index >= 15 is 0 Å². The summed E-state index contributed by atoms with van der Waals surface area (Å²) >= 11 is 6.55. The first kappa shape index (κ1) is 29.9. The molecule has 2 heterocycles. The Hall–Kier alpha value is -3.11. The zero-order valence-corrected chi connectivity index (χ0v) is 24.5. The van der Waals surface area contributed by atoms with Crippen LogP contribution in [0, 0.1) is 6.92 Å². The Balaban J connectivity index is 1.77. The number of hydrogen-bond donors (Lipinski definition) is 0. The lowest BCUT2D eigenvalue weighted by molar-refractivity contribution is -0.137. The maximum Gasteiger partial charge on any atom is 0.416 e. The van der Waals surface area contributed by atoms with Crippen LogP contribution in [0.2, 0.25) is 5.02 Å². The number of halogens is 4. The number of sulfone groups is 1. The summed E-state index contributed by atoms with van der Waals surface area (Å²) in [6.45, 7) is 5.54. The van der Waals surface area contributed by atoms with Gasteiger partial charge in [-0.1, -0.05) is 41.4 Å². The fourth-order valence-electron chi connectivity index (χ4n) is 5.02. The zero-order valence-electron chi connectivity index (χ0n) is 22.9. The van der Waals surface area contributed by atoms with Crippen LogP contribution in [0.25, 0.3) is 11.1 Å². The smallest absolute Gasteiger partial charge is 0.355 e. The number of alkyl halides is 3. The number of carbonyl (C=O) groups is 1. The minimum atomic E-state index is -4.55. The number of aromatic nitrogens is 1. The molecule has 0 spiro atoms. The third-order valence-electron chi connectivity index (χ3n) is 7.43. The molecule has 1 saturated heterocycles. The molecule has 1 atom stereocenters. The van der Waals surface area contributed by atoms with Gasteiger partial charge in [-0.05, 0) is 57.0 Å². The van der Waals surface area contributed by atoms with Crippen LogP contribution in [-0.2, 0) is 26.2 Å². The molecule has 11 heteroatoms. The molecule has 0 N–H and O–H groups in total. The number of nitrogens with zero attached hydrogens (tertiary/aromatic N) is 3. The largest absolute Gasteiger partial charge is 0.416 e. The van der Waals surface area contributed by atoms with Crippen LogP contribution in [0.5, 0.6) is 0 Å². The summed E-state index contributed by atoms with van der Waals surface area (Å²) < 4.78 is 64.8. The molecule has 1 fully saturated rings. The Labute approximate surface area is 237 Å². The number of carbonyl (C=O) groups excluding carboxylic acids is 1. The van der Waals surface area contributed by atoms with Gasteiger partial charge >= 0.3 is 6.18 Å². The average Bonchev–Trinajstić information content (AvgIpc) is 3.38. The van der Waals surface area contributed by atoms with Crippen molar-refractivity contribution in [1.29, 1.82) is 0 Å². The number of pyridine rings is 1. The van der Waals surface area contributed by atoms with E-state index in [-0.39, 0.29) is 5.56 Å². The van der Waals surface area contributed by atoms with E-state index in [0.717, 1.165) is 12.1 Å². The monoisotopic (exact) mass is 593 g/mol. The first-order valence-corrected chi connectivity index (χ1v) is 15.0. The lowest BCUT2D eigenvalue weighted by Gasteiger charge is -2.32. The number of anilines is 2. The standard InChI is InChI=1S/C29H31ClF3N3O3S/c1-18-12-19(14-20(13-18)29(31,32)33)28(2,3)27(37)35(4)25-16-34-26(36-11-10-21(17-36)40(5,38)39)15-23(25)22-8-6-7-9-24(22)30/h6-9,12-16,21H,10-11,17H2,1-5H3. The van der Waals surface area contributed by atoms with Crippen molar-refractivity contribution in [2.45, 2.75) is 44.0 Å². The van der Waals surface area contributed by atoms with Gasteiger partial charge in [-0.3, -0.25) is 4.79 Å². The summed E-state index contributed by atoms with van der Waals surface area (Å²) in [6.07, 6.45) is -1.32. The number of hydrogen-bond acceptors (Lipinski definition) is 5. The van der Waals surface area contributed by atoms with Gasteiger partial charge in [-0.2, -0.15) is 13.2 Å². The normalized spacial score (nSPS) is 16.3. The highest BCUT2D eigenvalue weighted by molar-refractivity contribution is 7.91. The maximum atomic E-state index is 13.9. The summed E-state index contributed by atoms with van der Waals surface area (Å²) in [6, 6.07) is 12.5. The molecule has 1 amide bonds. The summed E-state index contributed by atoms with van der Waals surface area (Å²) in [4.78, 5) is 21.7. The maximum absolute atomic E-state index is 13.9. The van der Waals surface area contributed by atoms with Gasteiger partial charge in [0.25, 0.3) is 0 Å². The number of benzene rings is 2. The van der Waals surface area contributed by atoms with Crippen LogP contribution in [0.4, 0.5) is 24.7 Å². The minimum absolute atomic E-state index is 0.240. The predicted molar refractivity (Wildman–Crippen MR) is 153 cm³/mol. The van der Waals surface area contributed by atoms with Gasteiger partial charge in [0.2, 0.25) is 5.91 Å². The number of likely N-dealkylation sites (N-methyl/N-ethyl adjacent to an activating group) is 1. The quantitative estimate of drug-likeness (QED) is 0.336. The minimum Gasteiger partial charge on any atom is -0.355 e. The van der Waals surface area contributed by atoms with Gasteiger partial charge in [-0.15, -0.1) is 0 Å². The Bertz CT molecular complexity index is 1560. The van der Waals surface area contributed by atoms with Crippen molar-refractivity contribution in [1.82, 2.24) is 4.98 Å². The summed E-state index contributed by atoms with van der Waals surface area (Å²) in [5.74, 6) is 0.103. The van der Waals surface area contributed by atoms with Crippen molar-refractivity contribution in [2.24, 2.45) is 0 Å². The molecular formula is C29H31ClF3N3O3S. The van der Waals surface area contributed by atoms with Crippen molar-refractivity contribution in [3.05, 3.63) is 76.4 Å². The zero-order chi connectivity index (χ0) is 29.6. The molecule has 0 bridgehead atoms. The van der Waals surface area contributed by atoms with Crippen LogP contribution < -0.4 is 9.80 Å².